The standard InChI is InChI=1S/C21H26N2O2/c1-16(24)22-21(2)12-13-23(15-21)14-17-8-4-5-9-18(17)19-10-6-7-11-20(19)25-3/h4-11H,12-15H2,1-3H3,(H,22,24). The van der Waals surface area contributed by atoms with E-state index in [9.17, 15) is 4.79 Å². The smallest absolute Gasteiger partial charge is 0.217 e. The second-order valence-electron chi connectivity index (χ2n) is 7.06. The number of nitrogens with one attached hydrogen (secondary N) is 1. The first-order chi connectivity index (χ1) is 12.0. The molecule has 1 heterocycles. The number of hydrogen-bond donors (Lipinski definition) is 1. The number of benzene rings is 2. The lowest BCUT2D eigenvalue weighted by molar-refractivity contribution is -0.120. The van der Waals surface area contributed by atoms with Crippen molar-refractivity contribution in [3.05, 3.63) is 54.1 Å². The summed E-state index contributed by atoms with van der Waals surface area (Å²) in [6.45, 7) is 6.43. The highest BCUT2D eigenvalue weighted by Crippen LogP contribution is 2.33. The highest BCUT2D eigenvalue weighted by Gasteiger charge is 2.34. The maximum Gasteiger partial charge on any atom is 0.217 e. The number of carbonyl (C=O) groups excluding carboxylic acids is 1. The van der Waals surface area contributed by atoms with Gasteiger partial charge in [-0.25, -0.2) is 0 Å². The summed E-state index contributed by atoms with van der Waals surface area (Å²) in [7, 11) is 1.71. The zero-order valence-corrected chi connectivity index (χ0v) is 15.2. The molecule has 1 saturated heterocycles. The summed E-state index contributed by atoms with van der Waals surface area (Å²) in [6, 6.07) is 16.6. The first-order valence-electron chi connectivity index (χ1n) is 8.73. The zero-order chi connectivity index (χ0) is 17.9. The van der Waals surface area contributed by atoms with E-state index in [0.717, 1.165) is 37.4 Å². The molecule has 2 aromatic carbocycles. The van der Waals surface area contributed by atoms with Crippen LogP contribution in [0.3, 0.4) is 0 Å². The van der Waals surface area contributed by atoms with Gasteiger partial charge in [0.15, 0.2) is 0 Å². The highest BCUT2D eigenvalue weighted by molar-refractivity contribution is 5.74. The minimum Gasteiger partial charge on any atom is -0.496 e. The lowest BCUT2D eigenvalue weighted by Gasteiger charge is -2.26. The van der Waals surface area contributed by atoms with Gasteiger partial charge in [0, 0.05) is 32.1 Å². The van der Waals surface area contributed by atoms with Crippen LogP contribution < -0.4 is 10.1 Å². The van der Waals surface area contributed by atoms with Crippen molar-refractivity contribution in [1.29, 1.82) is 0 Å². The molecule has 1 N–H and O–H groups in total. The molecule has 2 aromatic rings. The van der Waals surface area contributed by atoms with Crippen molar-refractivity contribution in [3.63, 3.8) is 0 Å². The van der Waals surface area contributed by atoms with Crippen molar-refractivity contribution in [2.45, 2.75) is 32.4 Å². The van der Waals surface area contributed by atoms with Crippen LogP contribution in [0, 0.1) is 0 Å². The number of hydrogen-bond acceptors (Lipinski definition) is 3. The Morgan fingerprint density at radius 2 is 1.84 bits per heavy atom. The van der Waals surface area contributed by atoms with Gasteiger partial charge in [0.05, 0.1) is 12.6 Å². The fourth-order valence-corrected chi connectivity index (χ4v) is 3.75. The number of carbonyl (C=O) groups is 1. The van der Waals surface area contributed by atoms with Crippen molar-refractivity contribution in [3.8, 4) is 16.9 Å². The molecule has 1 amide bonds. The van der Waals surface area contributed by atoms with E-state index in [0.29, 0.717) is 0 Å². The van der Waals surface area contributed by atoms with Crippen LogP contribution in [0.5, 0.6) is 5.75 Å². The zero-order valence-electron chi connectivity index (χ0n) is 15.2. The maximum atomic E-state index is 11.4. The van der Waals surface area contributed by atoms with E-state index in [-0.39, 0.29) is 11.4 Å². The van der Waals surface area contributed by atoms with Gasteiger partial charge in [-0.2, -0.15) is 0 Å². The summed E-state index contributed by atoms with van der Waals surface area (Å²) < 4.78 is 5.54. The summed E-state index contributed by atoms with van der Waals surface area (Å²) in [5.74, 6) is 0.929. The van der Waals surface area contributed by atoms with Crippen LogP contribution in [0.25, 0.3) is 11.1 Å². The summed E-state index contributed by atoms with van der Waals surface area (Å²) >= 11 is 0. The average Bonchev–Trinajstić information content (AvgIpc) is 2.95. The van der Waals surface area contributed by atoms with Crippen molar-refractivity contribution < 1.29 is 9.53 Å². The normalized spacial score (nSPS) is 20.4. The quantitative estimate of drug-likeness (QED) is 0.908. The van der Waals surface area contributed by atoms with Crippen LogP contribution >= 0.6 is 0 Å². The van der Waals surface area contributed by atoms with E-state index in [1.807, 2.05) is 18.2 Å². The Kier molecular flexibility index (Phi) is 5.09. The number of para-hydroxylation sites is 1. The van der Waals surface area contributed by atoms with Crippen LogP contribution in [0.4, 0.5) is 0 Å². The molecule has 0 aromatic heterocycles. The first kappa shape index (κ1) is 17.5. The second-order valence-corrected chi connectivity index (χ2v) is 7.06. The van der Waals surface area contributed by atoms with E-state index in [1.54, 1.807) is 14.0 Å². The van der Waals surface area contributed by atoms with Gasteiger partial charge in [0.25, 0.3) is 0 Å². The van der Waals surface area contributed by atoms with Gasteiger partial charge in [-0.05, 0) is 30.5 Å². The highest BCUT2D eigenvalue weighted by atomic mass is 16.5. The van der Waals surface area contributed by atoms with Crippen molar-refractivity contribution in [2.24, 2.45) is 0 Å². The lowest BCUT2D eigenvalue weighted by Crippen LogP contribution is -2.46. The second kappa shape index (κ2) is 7.28. The Morgan fingerprint density at radius 1 is 1.16 bits per heavy atom. The van der Waals surface area contributed by atoms with Gasteiger partial charge < -0.3 is 10.1 Å². The number of nitrogens with zero attached hydrogens (tertiary/aromatic N) is 1. The number of ether oxygens (including phenoxy) is 1. The maximum absolute atomic E-state index is 11.4. The fraction of sp³-hybridized carbons (Fsp3) is 0.381. The number of likely N-dealkylation sites (tertiary alicyclic amines) is 1. The monoisotopic (exact) mass is 338 g/mol. The molecule has 4 nitrogen and oxygen atoms in total. The molecule has 132 valence electrons. The molecule has 0 aliphatic carbocycles. The van der Waals surface area contributed by atoms with E-state index < -0.39 is 0 Å². The third-order valence-corrected chi connectivity index (χ3v) is 4.84. The average molecular weight is 338 g/mol. The molecule has 1 atom stereocenters. The van der Waals surface area contributed by atoms with Crippen LogP contribution in [0.2, 0.25) is 0 Å². The Morgan fingerprint density at radius 3 is 2.56 bits per heavy atom. The van der Waals surface area contributed by atoms with Crippen molar-refractivity contribution in [1.82, 2.24) is 10.2 Å². The molecule has 1 unspecified atom stereocenters. The van der Waals surface area contributed by atoms with Crippen LogP contribution in [-0.4, -0.2) is 36.5 Å². The predicted octanol–water partition coefficient (Wildman–Crippen LogP) is 3.46. The predicted molar refractivity (Wildman–Crippen MR) is 101 cm³/mol. The van der Waals surface area contributed by atoms with Gasteiger partial charge in [-0.1, -0.05) is 42.5 Å². The summed E-state index contributed by atoms with van der Waals surface area (Å²) in [5.41, 5.74) is 3.46. The Bertz CT molecular complexity index is 759. The Balaban J connectivity index is 1.82. The molecular weight excluding hydrogens is 312 g/mol. The lowest BCUT2D eigenvalue weighted by atomic mass is 9.98. The SMILES string of the molecule is COc1ccccc1-c1ccccc1CN1CCC(C)(NC(C)=O)C1. The molecule has 1 aliphatic heterocycles. The van der Waals surface area contributed by atoms with E-state index in [2.05, 4.69) is 47.5 Å². The molecule has 3 rings (SSSR count). The molecule has 1 aliphatic rings. The van der Waals surface area contributed by atoms with Crippen LogP contribution in [-0.2, 0) is 11.3 Å². The number of amides is 1. The molecule has 1 fully saturated rings. The minimum absolute atomic E-state index is 0.0405. The fourth-order valence-electron chi connectivity index (χ4n) is 3.75. The van der Waals surface area contributed by atoms with Gasteiger partial charge in [-0.15, -0.1) is 0 Å². The van der Waals surface area contributed by atoms with Gasteiger partial charge in [0.1, 0.15) is 5.75 Å². The topological polar surface area (TPSA) is 41.6 Å². The van der Waals surface area contributed by atoms with Crippen molar-refractivity contribution in [2.75, 3.05) is 20.2 Å². The molecule has 0 bridgehead atoms. The van der Waals surface area contributed by atoms with E-state index in [1.165, 1.54) is 11.1 Å². The Hall–Kier alpha value is -2.33. The molecule has 4 heteroatoms. The van der Waals surface area contributed by atoms with Gasteiger partial charge >= 0.3 is 0 Å². The summed E-state index contributed by atoms with van der Waals surface area (Å²) in [5, 5.41) is 3.10. The molecule has 25 heavy (non-hydrogen) atoms. The molecular formula is C21H26N2O2. The molecule has 0 saturated carbocycles. The van der Waals surface area contributed by atoms with Crippen LogP contribution in [0.1, 0.15) is 25.8 Å². The number of methoxy groups -OCH3 is 1. The largest absolute Gasteiger partial charge is 0.496 e. The van der Waals surface area contributed by atoms with E-state index in [4.69, 9.17) is 4.74 Å². The summed E-state index contributed by atoms with van der Waals surface area (Å²) in [6.07, 6.45) is 0.976. The minimum atomic E-state index is -0.134. The number of rotatable bonds is 5. The third-order valence-electron chi connectivity index (χ3n) is 4.84. The third kappa shape index (κ3) is 4.02. The first-order valence-corrected chi connectivity index (χ1v) is 8.73. The van der Waals surface area contributed by atoms with E-state index >= 15 is 0 Å². The Labute approximate surface area is 149 Å². The van der Waals surface area contributed by atoms with Gasteiger partial charge in [-0.3, -0.25) is 9.69 Å². The summed E-state index contributed by atoms with van der Waals surface area (Å²) in [4.78, 5) is 13.8. The molecule has 0 spiro atoms. The molecule has 0 radical (unpaired) electrons. The van der Waals surface area contributed by atoms with Gasteiger partial charge in [0.2, 0.25) is 5.91 Å². The van der Waals surface area contributed by atoms with Crippen molar-refractivity contribution >= 4 is 5.91 Å². The van der Waals surface area contributed by atoms with Crippen LogP contribution in [0.15, 0.2) is 48.5 Å².